The first-order chi connectivity index (χ1) is 11.0. The Morgan fingerprint density at radius 2 is 2.09 bits per heavy atom. The van der Waals surface area contributed by atoms with Gasteiger partial charge in [0, 0.05) is 51.7 Å². The van der Waals surface area contributed by atoms with Gasteiger partial charge in [-0.25, -0.2) is 0 Å². The molecular formula is C17H25ClN2O3. The zero-order valence-corrected chi connectivity index (χ0v) is 14.6. The largest absolute Gasteiger partial charge is 0.385 e. The van der Waals surface area contributed by atoms with Crippen molar-refractivity contribution in [2.45, 2.75) is 26.2 Å². The summed E-state index contributed by atoms with van der Waals surface area (Å²) in [5, 5.41) is 3.56. The van der Waals surface area contributed by atoms with Crippen LogP contribution >= 0.6 is 11.6 Å². The molecule has 1 N–H and O–H groups in total. The number of rotatable bonds is 10. The number of amides is 2. The lowest BCUT2D eigenvalue weighted by Gasteiger charge is -2.20. The van der Waals surface area contributed by atoms with E-state index in [4.69, 9.17) is 16.3 Å². The molecule has 0 radical (unpaired) electrons. The summed E-state index contributed by atoms with van der Waals surface area (Å²) in [7, 11) is 1.63. The second-order valence-electron chi connectivity index (χ2n) is 5.33. The van der Waals surface area contributed by atoms with Gasteiger partial charge in [-0.05, 0) is 30.5 Å². The van der Waals surface area contributed by atoms with Crippen LogP contribution in [-0.4, -0.2) is 50.1 Å². The third kappa shape index (κ3) is 8.57. The average Bonchev–Trinajstić information content (AvgIpc) is 2.50. The topological polar surface area (TPSA) is 58.6 Å². The second kappa shape index (κ2) is 11.0. The highest BCUT2D eigenvalue weighted by atomic mass is 35.5. The standard InChI is InChI=1S/C17H25ClN2O3/c1-14(21)20(10-4-12-23-2)11-8-17(22)19-9-7-15-5-3-6-16(18)13-15/h3,5-6,13H,4,7-12H2,1-2H3,(H,19,22). The minimum Gasteiger partial charge on any atom is -0.385 e. The average molecular weight is 341 g/mol. The molecule has 23 heavy (non-hydrogen) atoms. The van der Waals surface area contributed by atoms with Crippen LogP contribution in [0.4, 0.5) is 0 Å². The summed E-state index contributed by atoms with van der Waals surface area (Å²) in [6, 6.07) is 7.58. The summed E-state index contributed by atoms with van der Waals surface area (Å²) in [5.74, 6) is -0.0714. The van der Waals surface area contributed by atoms with Gasteiger partial charge in [-0.1, -0.05) is 23.7 Å². The van der Waals surface area contributed by atoms with E-state index in [1.54, 1.807) is 12.0 Å². The summed E-state index contributed by atoms with van der Waals surface area (Å²) in [6.07, 6.45) is 1.81. The number of ether oxygens (including phenoxy) is 1. The molecule has 0 unspecified atom stereocenters. The molecule has 0 atom stereocenters. The van der Waals surface area contributed by atoms with Gasteiger partial charge in [0.05, 0.1) is 0 Å². The van der Waals surface area contributed by atoms with Crippen LogP contribution in [0.5, 0.6) is 0 Å². The molecule has 0 fully saturated rings. The zero-order valence-electron chi connectivity index (χ0n) is 13.8. The van der Waals surface area contributed by atoms with Crippen molar-refractivity contribution in [1.82, 2.24) is 10.2 Å². The van der Waals surface area contributed by atoms with Crippen molar-refractivity contribution in [3.8, 4) is 0 Å². The van der Waals surface area contributed by atoms with Crippen molar-refractivity contribution in [3.05, 3.63) is 34.9 Å². The van der Waals surface area contributed by atoms with Gasteiger partial charge in [0.15, 0.2) is 0 Å². The smallest absolute Gasteiger partial charge is 0.221 e. The molecule has 128 valence electrons. The quantitative estimate of drug-likeness (QED) is 0.665. The molecule has 0 heterocycles. The molecule has 0 aliphatic heterocycles. The fourth-order valence-corrected chi connectivity index (χ4v) is 2.40. The van der Waals surface area contributed by atoms with Gasteiger partial charge >= 0.3 is 0 Å². The number of nitrogens with one attached hydrogen (secondary N) is 1. The van der Waals surface area contributed by atoms with Crippen molar-refractivity contribution >= 4 is 23.4 Å². The van der Waals surface area contributed by atoms with E-state index in [0.29, 0.717) is 37.7 Å². The molecule has 0 saturated heterocycles. The molecule has 0 aliphatic rings. The predicted molar refractivity (Wildman–Crippen MR) is 91.5 cm³/mol. The van der Waals surface area contributed by atoms with Crippen LogP contribution in [0.1, 0.15) is 25.3 Å². The van der Waals surface area contributed by atoms with Crippen molar-refractivity contribution in [2.24, 2.45) is 0 Å². The maximum Gasteiger partial charge on any atom is 0.221 e. The maximum atomic E-state index is 11.9. The van der Waals surface area contributed by atoms with Crippen molar-refractivity contribution < 1.29 is 14.3 Å². The maximum absolute atomic E-state index is 11.9. The van der Waals surface area contributed by atoms with Crippen LogP contribution < -0.4 is 5.32 Å². The third-order valence-electron chi connectivity index (χ3n) is 3.46. The van der Waals surface area contributed by atoms with Gasteiger partial charge in [0.25, 0.3) is 0 Å². The molecule has 1 aromatic rings. The van der Waals surface area contributed by atoms with Gasteiger partial charge in [0.2, 0.25) is 11.8 Å². The molecule has 1 rings (SSSR count). The van der Waals surface area contributed by atoms with E-state index < -0.39 is 0 Å². The Hall–Kier alpha value is -1.59. The van der Waals surface area contributed by atoms with Crippen molar-refractivity contribution in [2.75, 3.05) is 33.4 Å². The number of benzene rings is 1. The van der Waals surface area contributed by atoms with E-state index in [0.717, 1.165) is 18.4 Å². The number of nitrogens with zero attached hydrogens (tertiary/aromatic N) is 1. The fraction of sp³-hybridized carbons (Fsp3) is 0.529. The predicted octanol–water partition coefficient (Wildman–Crippen LogP) is 2.27. The lowest BCUT2D eigenvalue weighted by Crippen LogP contribution is -2.35. The highest BCUT2D eigenvalue weighted by molar-refractivity contribution is 6.30. The van der Waals surface area contributed by atoms with E-state index in [1.165, 1.54) is 6.92 Å². The van der Waals surface area contributed by atoms with Gasteiger partial charge < -0.3 is 15.0 Å². The van der Waals surface area contributed by atoms with Crippen LogP contribution in [0.25, 0.3) is 0 Å². The Balaban J connectivity index is 2.25. The molecule has 6 heteroatoms. The Labute approximate surface area is 142 Å². The first-order valence-corrected chi connectivity index (χ1v) is 8.16. The fourth-order valence-electron chi connectivity index (χ4n) is 2.19. The summed E-state index contributed by atoms with van der Waals surface area (Å²) in [5.41, 5.74) is 1.09. The van der Waals surface area contributed by atoms with Crippen molar-refractivity contribution in [3.63, 3.8) is 0 Å². The molecule has 0 spiro atoms. The van der Waals surface area contributed by atoms with Crippen molar-refractivity contribution in [1.29, 1.82) is 0 Å². The Kier molecular flexibility index (Phi) is 9.33. The van der Waals surface area contributed by atoms with Gasteiger partial charge in [0.1, 0.15) is 0 Å². The third-order valence-corrected chi connectivity index (χ3v) is 3.69. The highest BCUT2D eigenvalue weighted by Crippen LogP contribution is 2.10. The molecule has 2 amide bonds. The Bertz CT molecular complexity index is 508. The zero-order chi connectivity index (χ0) is 17.1. The van der Waals surface area contributed by atoms with E-state index >= 15 is 0 Å². The lowest BCUT2D eigenvalue weighted by atomic mass is 10.1. The number of carbonyl (C=O) groups excluding carboxylic acids is 2. The minimum absolute atomic E-state index is 0.0205. The number of methoxy groups -OCH3 is 1. The summed E-state index contributed by atoms with van der Waals surface area (Å²) in [4.78, 5) is 25.1. The number of hydrogen-bond donors (Lipinski definition) is 1. The number of halogens is 1. The van der Waals surface area contributed by atoms with Gasteiger partial charge in [-0.15, -0.1) is 0 Å². The van der Waals surface area contributed by atoms with E-state index in [2.05, 4.69) is 5.32 Å². The second-order valence-corrected chi connectivity index (χ2v) is 5.77. The molecule has 1 aromatic carbocycles. The highest BCUT2D eigenvalue weighted by Gasteiger charge is 2.10. The van der Waals surface area contributed by atoms with Crippen LogP contribution in [0.3, 0.4) is 0 Å². The van der Waals surface area contributed by atoms with Gasteiger partial charge in [-0.2, -0.15) is 0 Å². The van der Waals surface area contributed by atoms with Crippen LogP contribution in [0, 0.1) is 0 Å². The minimum atomic E-state index is -0.0509. The summed E-state index contributed by atoms with van der Waals surface area (Å²) >= 11 is 5.92. The van der Waals surface area contributed by atoms with Gasteiger partial charge in [-0.3, -0.25) is 9.59 Å². The van der Waals surface area contributed by atoms with E-state index in [1.807, 2.05) is 24.3 Å². The number of hydrogen-bond acceptors (Lipinski definition) is 3. The molecule has 0 bridgehead atoms. The van der Waals surface area contributed by atoms with E-state index in [-0.39, 0.29) is 11.8 Å². The van der Waals surface area contributed by atoms with Crippen LogP contribution in [0.2, 0.25) is 5.02 Å². The SMILES string of the molecule is COCCCN(CCC(=O)NCCc1cccc(Cl)c1)C(C)=O. The Morgan fingerprint density at radius 3 is 2.74 bits per heavy atom. The number of carbonyl (C=O) groups is 2. The lowest BCUT2D eigenvalue weighted by molar-refractivity contribution is -0.129. The molecule has 0 saturated carbocycles. The van der Waals surface area contributed by atoms with Crippen LogP contribution in [0.15, 0.2) is 24.3 Å². The molecule has 0 aliphatic carbocycles. The monoisotopic (exact) mass is 340 g/mol. The summed E-state index contributed by atoms with van der Waals surface area (Å²) < 4.78 is 4.97. The molecule has 5 nitrogen and oxygen atoms in total. The first-order valence-electron chi connectivity index (χ1n) is 7.78. The molecule has 0 aromatic heterocycles. The van der Waals surface area contributed by atoms with E-state index in [9.17, 15) is 9.59 Å². The Morgan fingerprint density at radius 1 is 1.30 bits per heavy atom. The first kappa shape index (κ1) is 19.5. The molecular weight excluding hydrogens is 316 g/mol. The summed E-state index contributed by atoms with van der Waals surface area (Å²) in [6.45, 7) is 3.73. The van der Waals surface area contributed by atoms with Crippen LogP contribution in [-0.2, 0) is 20.7 Å². The normalized spacial score (nSPS) is 10.4.